The number of carbonyl (C=O) groups is 1. The molecule has 1 aliphatic heterocycles. The summed E-state index contributed by atoms with van der Waals surface area (Å²) < 4.78 is 19.5. The minimum atomic E-state index is -2.52. The molecule has 0 aromatic carbocycles. The normalized spacial score (nSPS) is 30.6. The molecule has 3 unspecified atom stereocenters. The summed E-state index contributed by atoms with van der Waals surface area (Å²) in [5.41, 5.74) is 1.29. The number of nitrogens with zero attached hydrogens (tertiary/aromatic N) is 3. The van der Waals surface area contributed by atoms with Gasteiger partial charge in [-0.15, -0.1) is 0 Å². The number of carbonyl (C=O) groups excluding carboxylic acids is 1. The fourth-order valence-corrected chi connectivity index (χ4v) is 5.99. The first kappa shape index (κ1) is 19.0. The van der Waals surface area contributed by atoms with Crippen molar-refractivity contribution >= 4 is 22.4 Å². The number of hydrogen-bond donors (Lipinski definition) is 3. The highest BCUT2D eigenvalue weighted by atomic mass is 32.3. The molecule has 2 heterocycles. The van der Waals surface area contributed by atoms with Crippen LogP contribution in [0.1, 0.15) is 61.5 Å². The van der Waals surface area contributed by atoms with Crippen molar-refractivity contribution in [1.29, 1.82) is 0 Å². The monoisotopic (exact) mass is 394 g/mol. The molecule has 3 aliphatic rings. The lowest BCUT2D eigenvalue weighted by molar-refractivity contribution is 0.0765. The van der Waals surface area contributed by atoms with Gasteiger partial charge in [-0.3, -0.25) is 13.9 Å². The maximum absolute atomic E-state index is 13.0. The predicted molar refractivity (Wildman–Crippen MR) is 107 cm³/mol. The van der Waals surface area contributed by atoms with E-state index in [0.717, 1.165) is 17.5 Å². The van der Waals surface area contributed by atoms with Crippen LogP contribution in [0.4, 0.5) is 5.95 Å². The second-order valence-electron chi connectivity index (χ2n) is 8.58. The molecular formula is C19H30N4O3S. The topological polar surface area (TPSA) is 98.6 Å². The van der Waals surface area contributed by atoms with Gasteiger partial charge in [0.25, 0.3) is 5.91 Å². The van der Waals surface area contributed by atoms with Crippen LogP contribution in [0.2, 0.25) is 0 Å². The lowest BCUT2D eigenvalue weighted by atomic mass is 9.95. The van der Waals surface area contributed by atoms with Crippen LogP contribution >= 0.6 is 10.6 Å². The number of fused-ring (bicyclic) bond motifs is 2. The molecule has 2 saturated carbocycles. The Bertz CT molecular complexity index is 717. The van der Waals surface area contributed by atoms with E-state index in [9.17, 15) is 13.9 Å². The maximum atomic E-state index is 13.0. The Morgan fingerprint density at radius 2 is 2.00 bits per heavy atom. The van der Waals surface area contributed by atoms with Crippen LogP contribution in [0.5, 0.6) is 0 Å². The molecule has 3 N–H and O–H groups in total. The molecule has 1 aromatic rings. The Hall–Kier alpha value is -1.38. The van der Waals surface area contributed by atoms with Crippen LogP contribution < -0.4 is 5.32 Å². The van der Waals surface area contributed by atoms with Crippen molar-refractivity contribution in [2.45, 2.75) is 51.5 Å². The molecule has 1 aromatic heterocycles. The quantitative estimate of drug-likeness (QED) is 0.724. The number of anilines is 1. The number of aromatic nitrogens is 2. The zero-order chi connectivity index (χ0) is 19.2. The molecule has 8 heteroatoms. The lowest BCUT2D eigenvalue weighted by Crippen LogP contribution is -2.42. The fraction of sp³-hybridized carbons (Fsp3) is 0.737. The van der Waals surface area contributed by atoms with Crippen molar-refractivity contribution in [3.05, 3.63) is 17.5 Å². The summed E-state index contributed by atoms with van der Waals surface area (Å²) in [7, 11) is -2.52. The van der Waals surface area contributed by atoms with Crippen molar-refractivity contribution in [2.24, 2.45) is 11.8 Å². The van der Waals surface area contributed by atoms with Gasteiger partial charge < -0.3 is 10.2 Å². The standard InChI is InChI=1S/C19H30N4O3S/c1-12(2)17-15(18(24)23-5-7-27(25,26)8-6-23)11-20-19(22-17)21-16-10-13-3-4-14(16)9-13/h11-14,16,25-26H,3-10H2,1-2H3,(H,20,21,22). The van der Waals surface area contributed by atoms with Gasteiger partial charge in [0.05, 0.1) is 22.8 Å². The van der Waals surface area contributed by atoms with Gasteiger partial charge in [0.15, 0.2) is 0 Å². The highest BCUT2D eigenvalue weighted by Crippen LogP contribution is 2.45. The van der Waals surface area contributed by atoms with E-state index in [-0.39, 0.29) is 23.3 Å². The Labute approximate surface area is 162 Å². The average molecular weight is 395 g/mol. The maximum Gasteiger partial charge on any atom is 0.257 e. The van der Waals surface area contributed by atoms with E-state index in [1.807, 2.05) is 13.8 Å². The highest BCUT2D eigenvalue weighted by molar-refractivity contribution is 8.24. The van der Waals surface area contributed by atoms with Crippen LogP contribution in [-0.2, 0) is 0 Å². The van der Waals surface area contributed by atoms with Crippen LogP contribution in [0.25, 0.3) is 0 Å². The van der Waals surface area contributed by atoms with Gasteiger partial charge in [-0.2, -0.15) is 10.6 Å². The first-order chi connectivity index (χ1) is 12.8. The molecule has 2 bridgehead atoms. The summed E-state index contributed by atoms with van der Waals surface area (Å²) >= 11 is 0. The van der Waals surface area contributed by atoms with Crippen LogP contribution in [0, 0.1) is 11.8 Å². The van der Waals surface area contributed by atoms with E-state index < -0.39 is 10.6 Å². The first-order valence-corrected chi connectivity index (χ1v) is 11.9. The van der Waals surface area contributed by atoms with Crippen molar-refractivity contribution < 1.29 is 13.9 Å². The van der Waals surface area contributed by atoms with Gasteiger partial charge in [0.2, 0.25) is 5.95 Å². The van der Waals surface area contributed by atoms with Crippen molar-refractivity contribution in [3.63, 3.8) is 0 Å². The average Bonchev–Trinajstić information content (AvgIpc) is 3.24. The summed E-state index contributed by atoms with van der Waals surface area (Å²) in [5, 5.41) is 3.51. The van der Waals surface area contributed by atoms with Crippen molar-refractivity contribution in [3.8, 4) is 0 Å². The minimum Gasteiger partial charge on any atom is -0.351 e. The molecule has 1 saturated heterocycles. The fourth-order valence-electron chi connectivity index (χ4n) is 4.76. The van der Waals surface area contributed by atoms with Crippen LogP contribution in [-0.4, -0.2) is 60.5 Å². The largest absolute Gasteiger partial charge is 0.351 e. The molecule has 150 valence electrons. The summed E-state index contributed by atoms with van der Waals surface area (Å²) in [6.07, 6.45) is 6.82. The third kappa shape index (κ3) is 3.93. The van der Waals surface area contributed by atoms with Crippen LogP contribution in [0.3, 0.4) is 0 Å². The molecule has 2 aliphatic carbocycles. The third-order valence-electron chi connectivity index (χ3n) is 6.31. The third-order valence-corrected chi connectivity index (χ3v) is 7.98. The zero-order valence-electron chi connectivity index (χ0n) is 16.1. The predicted octanol–water partition coefficient (Wildman–Crippen LogP) is 3.41. The second-order valence-corrected chi connectivity index (χ2v) is 11.0. The molecule has 0 radical (unpaired) electrons. The molecule has 4 rings (SSSR count). The number of amides is 1. The van der Waals surface area contributed by atoms with Gasteiger partial charge in [0.1, 0.15) is 0 Å². The van der Waals surface area contributed by atoms with Gasteiger partial charge in [0, 0.05) is 25.3 Å². The SMILES string of the molecule is CC(C)c1nc(NC2CC3CCC2C3)ncc1C(=O)N1CCS(O)(O)CC1. The van der Waals surface area contributed by atoms with E-state index in [1.165, 1.54) is 25.7 Å². The number of nitrogens with one attached hydrogen (secondary N) is 1. The summed E-state index contributed by atoms with van der Waals surface area (Å²) in [5.74, 6) is 2.71. The molecule has 3 atom stereocenters. The van der Waals surface area contributed by atoms with Gasteiger partial charge in [-0.05, 0) is 37.0 Å². The molecule has 1 amide bonds. The number of hydrogen-bond acceptors (Lipinski definition) is 6. The van der Waals surface area contributed by atoms with Gasteiger partial charge >= 0.3 is 0 Å². The lowest BCUT2D eigenvalue weighted by Gasteiger charge is -2.41. The van der Waals surface area contributed by atoms with Crippen molar-refractivity contribution in [2.75, 3.05) is 29.9 Å². The Balaban J connectivity index is 1.50. The Morgan fingerprint density at radius 3 is 2.59 bits per heavy atom. The number of rotatable bonds is 4. The Morgan fingerprint density at radius 1 is 1.26 bits per heavy atom. The van der Waals surface area contributed by atoms with E-state index in [0.29, 0.717) is 30.6 Å². The zero-order valence-corrected chi connectivity index (χ0v) is 16.9. The highest BCUT2D eigenvalue weighted by Gasteiger charge is 2.40. The first-order valence-electron chi connectivity index (χ1n) is 9.99. The van der Waals surface area contributed by atoms with E-state index >= 15 is 0 Å². The Kier molecular flexibility index (Phi) is 5.07. The molecule has 0 spiro atoms. The summed E-state index contributed by atoms with van der Waals surface area (Å²) in [6, 6.07) is 0.456. The molecule has 3 fully saturated rings. The van der Waals surface area contributed by atoms with E-state index in [4.69, 9.17) is 4.98 Å². The molecular weight excluding hydrogens is 364 g/mol. The molecule has 7 nitrogen and oxygen atoms in total. The summed E-state index contributed by atoms with van der Waals surface area (Å²) in [6.45, 7) is 4.80. The smallest absolute Gasteiger partial charge is 0.257 e. The van der Waals surface area contributed by atoms with Crippen LogP contribution in [0.15, 0.2) is 6.20 Å². The van der Waals surface area contributed by atoms with E-state index in [1.54, 1.807) is 11.1 Å². The summed E-state index contributed by atoms with van der Waals surface area (Å²) in [4.78, 5) is 23.8. The van der Waals surface area contributed by atoms with Gasteiger partial charge in [-0.25, -0.2) is 9.97 Å². The van der Waals surface area contributed by atoms with E-state index in [2.05, 4.69) is 10.3 Å². The minimum absolute atomic E-state index is 0.109. The molecule has 27 heavy (non-hydrogen) atoms. The van der Waals surface area contributed by atoms with Gasteiger partial charge in [-0.1, -0.05) is 20.3 Å². The second kappa shape index (κ2) is 7.22. The van der Waals surface area contributed by atoms with Crippen molar-refractivity contribution in [1.82, 2.24) is 14.9 Å².